The van der Waals surface area contributed by atoms with Crippen LogP contribution in [0.4, 0.5) is 0 Å². The number of rotatable bonds is 9. The van der Waals surface area contributed by atoms with Crippen LogP contribution in [0.1, 0.15) is 66.2 Å². The molecule has 3 heteroatoms. The number of piperazine rings is 1. The summed E-state index contributed by atoms with van der Waals surface area (Å²) in [4.78, 5) is 8.07. The van der Waals surface area contributed by atoms with E-state index in [2.05, 4.69) is 42.4 Å². The summed E-state index contributed by atoms with van der Waals surface area (Å²) in [6.07, 6.45) is 8.48. The topological polar surface area (TPSA) is 9.72 Å². The summed E-state index contributed by atoms with van der Waals surface area (Å²) >= 11 is 0. The predicted molar refractivity (Wildman–Crippen MR) is 101 cm³/mol. The molecule has 0 amide bonds. The molecule has 2 saturated heterocycles. The van der Waals surface area contributed by atoms with Gasteiger partial charge >= 0.3 is 0 Å². The minimum Gasteiger partial charge on any atom is -0.301 e. The van der Waals surface area contributed by atoms with Gasteiger partial charge in [0.15, 0.2) is 0 Å². The first-order valence-corrected chi connectivity index (χ1v) is 10.3. The molecule has 2 aliphatic rings. The molecule has 1 atom stereocenters. The lowest BCUT2D eigenvalue weighted by Gasteiger charge is -2.37. The molecule has 0 aromatic rings. The number of hydrogen-bond acceptors (Lipinski definition) is 3. The molecule has 23 heavy (non-hydrogen) atoms. The second-order valence-corrected chi connectivity index (χ2v) is 8.49. The predicted octanol–water partition coefficient (Wildman–Crippen LogP) is 3.69. The monoisotopic (exact) mass is 323 g/mol. The Morgan fingerprint density at radius 2 is 1.52 bits per heavy atom. The van der Waals surface area contributed by atoms with E-state index in [-0.39, 0.29) is 0 Å². The zero-order chi connectivity index (χ0) is 16.7. The molecule has 0 saturated carbocycles. The number of nitrogens with zero attached hydrogens (tertiary/aromatic N) is 3. The van der Waals surface area contributed by atoms with Crippen molar-refractivity contribution in [3.8, 4) is 0 Å². The van der Waals surface area contributed by atoms with Gasteiger partial charge in [0, 0.05) is 38.3 Å². The average Bonchev–Trinajstić information content (AvgIpc) is 2.94. The van der Waals surface area contributed by atoms with E-state index in [4.69, 9.17) is 0 Å². The molecule has 0 N–H and O–H groups in total. The molecule has 0 bridgehead atoms. The van der Waals surface area contributed by atoms with Crippen LogP contribution in [0.5, 0.6) is 0 Å². The van der Waals surface area contributed by atoms with Crippen LogP contribution in [0.15, 0.2) is 0 Å². The lowest BCUT2D eigenvalue weighted by Crippen LogP contribution is -2.48. The molecule has 136 valence electrons. The lowest BCUT2D eigenvalue weighted by molar-refractivity contribution is 0.107. The zero-order valence-corrected chi connectivity index (χ0v) is 16.3. The van der Waals surface area contributed by atoms with Crippen LogP contribution in [0, 0.1) is 5.92 Å². The van der Waals surface area contributed by atoms with E-state index in [1.165, 1.54) is 84.3 Å². The Kier molecular flexibility index (Phi) is 8.35. The minimum absolute atomic E-state index is 0.719. The largest absolute Gasteiger partial charge is 0.301 e. The van der Waals surface area contributed by atoms with Gasteiger partial charge in [0.25, 0.3) is 0 Å². The average molecular weight is 324 g/mol. The van der Waals surface area contributed by atoms with Crippen LogP contribution in [-0.2, 0) is 0 Å². The van der Waals surface area contributed by atoms with Crippen molar-refractivity contribution in [1.82, 2.24) is 14.7 Å². The number of unbranched alkanes of at least 4 members (excludes halogenated alkanes) is 2. The Balaban J connectivity index is 1.51. The Labute approximate surface area is 145 Å². The first-order valence-electron chi connectivity index (χ1n) is 10.3. The Morgan fingerprint density at radius 3 is 2.17 bits per heavy atom. The highest BCUT2D eigenvalue weighted by Crippen LogP contribution is 2.23. The molecule has 2 heterocycles. The maximum atomic E-state index is 2.78. The van der Waals surface area contributed by atoms with Gasteiger partial charge in [-0.25, -0.2) is 0 Å². The van der Waals surface area contributed by atoms with Gasteiger partial charge in [-0.15, -0.1) is 0 Å². The molecule has 0 unspecified atom stereocenters. The Bertz CT molecular complexity index is 308. The second-order valence-electron chi connectivity index (χ2n) is 8.49. The van der Waals surface area contributed by atoms with E-state index in [1.807, 2.05) is 0 Å². The molecule has 2 fully saturated rings. The van der Waals surface area contributed by atoms with Gasteiger partial charge in [-0.05, 0) is 71.5 Å². The van der Waals surface area contributed by atoms with E-state index in [9.17, 15) is 0 Å². The first-order chi connectivity index (χ1) is 11.1. The summed E-state index contributed by atoms with van der Waals surface area (Å²) in [5.74, 6) is 0.852. The normalized spacial score (nSPS) is 25.0. The van der Waals surface area contributed by atoms with Crippen molar-refractivity contribution in [2.75, 3.05) is 45.8 Å². The van der Waals surface area contributed by atoms with Gasteiger partial charge in [0.2, 0.25) is 0 Å². The molecule has 0 radical (unpaired) electrons. The van der Waals surface area contributed by atoms with Crippen molar-refractivity contribution in [3.05, 3.63) is 0 Å². The molecule has 0 aliphatic carbocycles. The standard InChI is InChI=1S/C20H41N3/c1-18(2)17-20-9-8-12-23(20)11-7-5-6-10-21-13-15-22(16-14-21)19(3)4/h18-20H,5-17H2,1-4H3/t20-/m1/s1. The summed E-state index contributed by atoms with van der Waals surface area (Å²) in [5.41, 5.74) is 0. The fraction of sp³-hybridized carbons (Fsp3) is 1.00. The molecule has 3 nitrogen and oxygen atoms in total. The van der Waals surface area contributed by atoms with Gasteiger partial charge in [-0.1, -0.05) is 20.3 Å². The molecule has 0 aromatic heterocycles. The highest BCUT2D eigenvalue weighted by atomic mass is 15.3. The molecule has 0 spiro atoms. The van der Waals surface area contributed by atoms with Crippen LogP contribution >= 0.6 is 0 Å². The molecule has 0 aromatic carbocycles. The Morgan fingerprint density at radius 1 is 0.826 bits per heavy atom. The summed E-state index contributed by atoms with van der Waals surface area (Å²) in [5, 5.41) is 0. The third-order valence-electron chi connectivity index (χ3n) is 5.80. The van der Waals surface area contributed by atoms with Crippen LogP contribution in [0.2, 0.25) is 0 Å². The highest BCUT2D eigenvalue weighted by molar-refractivity contribution is 4.80. The van der Waals surface area contributed by atoms with Gasteiger partial charge < -0.3 is 9.80 Å². The summed E-state index contributed by atoms with van der Waals surface area (Å²) in [7, 11) is 0. The van der Waals surface area contributed by atoms with Crippen molar-refractivity contribution in [3.63, 3.8) is 0 Å². The van der Waals surface area contributed by atoms with Crippen LogP contribution in [0.3, 0.4) is 0 Å². The molecular formula is C20H41N3. The van der Waals surface area contributed by atoms with Gasteiger partial charge in [-0.3, -0.25) is 4.90 Å². The summed E-state index contributed by atoms with van der Waals surface area (Å²) in [6.45, 7) is 18.5. The van der Waals surface area contributed by atoms with Crippen LogP contribution in [-0.4, -0.2) is 72.6 Å². The van der Waals surface area contributed by atoms with Gasteiger partial charge in [-0.2, -0.15) is 0 Å². The Hall–Kier alpha value is -0.120. The quantitative estimate of drug-likeness (QED) is 0.599. The maximum absolute atomic E-state index is 2.78. The number of hydrogen-bond donors (Lipinski definition) is 0. The van der Waals surface area contributed by atoms with Crippen molar-refractivity contribution in [2.24, 2.45) is 5.92 Å². The van der Waals surface area contributed by atoms with Crippen molar-refractivity contribution >= 4 is 0 Å². The molecular weight excluding hydrogens is 282 g/mol. The second kappa shape index (κ2) is 10.0. The first kappa shape index (κ1) is 19.2. The van der Waals surface area contributed by atoms with Crippen molar-refractivity contribution < 1.29 is 0 Å². The molecule has 2 aliphatic heterocycles. The smallest absolute Gasteiger partial charge is 0.0113 e. The fourth-order valence-corrected chi connectivity index (χ4v) is 4.33. The minimum atomic E-state index is 0.719. The number of likely N-dealkylation sites (tertiary alicyclic amines) is 1. The van der Waals surface area contributed by atoms with E-state index in [0.717, 1.165) is 18.0 Å². The zero-order valence-electron chi connectivity index (χ0n) is 16.3. The molecule has 2 rings (SSSR count). The van der Waals surface area contributed by atoms with Crippen molar-refractivity contribution in [1.29, 1.82) is 0 Å². The third kappa shape index (κ3) is 6.72. The van der Waals surface area contributed by atoms with Crippen LogP contribution < -0.4 is 0 Å². The maximum Gasteiger partial charge on any atom is 0.0113 e. The SMILES string of the molecule is CC(C)C[C@H]1CCCN1CCCCCN1CCN(C(C)C)CC1. The van der Waals surface area contributed by atoms with Crippen molar-refractivity contribution in [2.45, 2.75) is 78.3 Å². The van der Waals surface area contributed by atoms with E-state index in [1.54, 1.807) is 0 Å². The summed E-state index contributed by atoms with van der Waals surface area (Å²) in [6, 6.07) is 1.61. The van der Waals surface area contributed by atoms with E-state index >= 15 is 0 Å². The summed E-state index contributed by atoms with van der Waals surface area (Å²) < 4.78 is 0. The highest BCUT2D eigenvalue weighted by Gasteiger charge is 2.24. The lowest BCUT2D eigenvalue weighted by atomic mass is 10.0. The third-order valence-corrected chi connectivity index (χ3v) is 5.80. The van der Waals surface area contributed by atoms with E-state index in [0.29, 0.717) is 0 Å². The van der Waals surface area contributed by atoms with Gasteiger partial charge in [0.1, 0.15) is 0 Å². The van der Waals surface area contributed by atoms with E-state index < -0.39 is 0 Å². The fourth-order valence-electron chi connectivity index (χ4n) is 4.33. The van der Waals surface area contributed by atoms with Gasteiger partial charge in [0.05, 0.1) is 0 Å². The van der Waals surface area contributed by atoms with Crippen LogP contribution in [0.25, 0.3) is 0 Å².